The van der Waals surface area contributed by atoms with Gasteiger partial charge in [0.15, 0.2) is 0 Å². The first kappa shape index (κ1) is 20.1. The zero-order valence-electron chi connectivity index (χ0n) is 18.1. The van der Waals surface area contributed by atoms with Gasteiger partial charge in [-0.1, -0.05) is 30.3 Å². The summed E-state index contributed by atoms with van der Waals surface area (Å²) < 4.78 is 14.8. The molecule has 1 fully saturated rings. The first-order chi connectivity index (χ1) is 15.1. The molecule has 4 atom stereocenters. The van der Waals surface area contributed by atoms with E-state index in [2.05, 4.69) is 53.6 Å². The van der Waals surface area contributed by atoms with Crippen LogP contribution < -0.4 is 15.2 Å². The third-order valence-electron chi connectivity index (χ3n) is 6.62. The number of aryl methyl sites for hydroxylation is 2. The van der Waals surface area contributed by atoms with E-state index in [0.29, 0.717) is 5.92 Å². The monoisotopic (exact) mass is 417 g/mol. The average Bonchev–Trinajstić information content (AvgIpc) is 3.20. The van der Waals surface area contributed by atoms with Gasteiger partial charge < -0.3 is 19.8 Å². The largest absolute Gasteiger partial charge is 0.490 e. The summed E-state index contributed by atoms with van der Waals surface area (Å²) in [5, 5.41) is 0. The Kier molecular flexibility index (Phi) is 5.68. The van der Waals surface area contributed by atoms with Gasteiger partial charge in [-0.25, -0.2) is 4.98 Å². The Morgan fingerprint density at radius 3 is 2.81 bits per heavy atom. The predicted molar refractivity (Wildman–Crippen MR) is 121 cm³/mol. The van der Waals surface area contributed by atoms with Gasteiger partial charge in [0, 0.05) is 25.2 Å². The lowest BCUT2D eigenvalue weighted by Gasteiger charge is -2.35. The van der Waals surface area contributed by atoms with E-state index in [9.17, 15) is 0 Å². The molecule has 5 nitrogen and oxygen atoms in total. The predicted octanol–water partition coefficient (Wildman–Crippen LogP) is 4.60. The van der Waals surface area contributed by atoms with Gasteiger partial charge >= 0.3 is 0 Å². The van der Waals surface area contributed by atoms with Crippen molar-refractivity contribution in [2.24, 2.45) is 18.7 Å². The highest BCUT2D eigenvalue weighted by Gasteiger charge is 2.31. The molecule has 1 saturated carbocycles. The van der Waals surface area contributed by atoms with Crippen molar-refractivity contribution in [3.8, 4) is 11.5 Å². The van der Waals surface area contributed by atoms with Crippen molar-refractivity contribution in [2.75, 3.05) is 0 Å². The molecule has 5 rings (SSSR count). The van der Waals surface area contributed by atoms with Gasteiger partial charge in [0.2, 0.25) is 0 Å². The first-order valence-corrected chi connectivity index (χ1v) is 11.4. The van der Waals surface area contributed by atoms with Crippen LogP contribution in [0.5, 0.6) is 11.5 Å². The van der Waals surface area contributed by atoms with E-state index < -0.39 is 0 Å². The van der Waals surface area contributed by atoms with Crippen LogP contribution in [0.1, 0.15) is 48.6 Å². The summed E-state index contributed by atoms with van der Waals surface area (Å²) in [5.41, 5.74) is 9.88. The molecule has 0 radical (unpaired) electrons. The number of aromatic nitrogens is 2. The number of nitrogens with zero attached hydrogens (tertiary/aromatic N) is 2. The van der Waals surface area contributed by atoms with Crippen molar-refractivity contribution in [1.82, 2.24) is 9.55 Å². The topological polar surface area (TPSA) is 62.3 Å². The van der Waals surface area contributed by atoms with E-state index in [4.69, 9.17) is 15.2 Å². The zero-order chi connectivity index (χ0) is 21.2. The lowest BCUT2D eigenvalue weighted by molar-refractivity contribution is 0.0838. The fourth-order valence-corrected chi connectivity index (χ4v) is 5.00. The maximum absolute atomic E-state index is 6.53. The fraction of sp³-hybridized carbons (Fsp3) is 0.423. The normalized spacial score (nSPS) is 25.5. The molecule has 3 aromatic rings. The van der Waals surface area contributed by atoms with Crippen molar-refractivity contribution < 1.29 is 9.47 Å². The van der Waals surface area contributed by atoms with Crippen LogP contribution in [-0.2, 0) is 19.9 Å². The van der Waals surface area contributed by atoms with E-state index in [0.717, 1.165) is 55.7 Å². The highest BCUT2D eigenvalue weighted by atomic mass is 16.5. The van der Waals surface area contributed by atoms with Crippen LogP contribution in [0, 0.1) is 5.92 Å². The van der Waals surface area contributed by atoms with E-state index in [1.54, 1.807) is 0 Å². The Balaban J connectivity index is 1.28. The summed E-state index contributed by atoms with van der Waals surface area (Å²) >= 11 is 0. The number of fused-ring (bicyclic) bond motifs is 1. The van der Waals surface area contributed by atoms with E-state index in [1.165, 1.54) is 11.1 Å². The minimum Gasteiger partial charge on any atom is -0.490 e. The van der Waals surface area contributed by atoms with Crippen molar-refractivity contribution >= 4 is 0 Å². The molecule has 0 bridgehead atoms. The van der Waals surface area contributed by atoms with Crippen LogP contribution >= 0.6 is 0 Å². The molecule has 31 heavy (non-hydrogen) atoms. The molecule has 1 aliphatic heterocycles. The Morgan fingerprint density at radius 1 is 1.13 bits per heavy atom. The number of imidazole rings is 1. The average molecular weight is 418 g/mol. The standard InChI is InChI=1S/C26H31N3O2/c1-29-16-22(28-17-29)14-20-13-21(27)8-11-26(20)30-23-9-12-25-19(15-23)7-10-24(31-25)18-5-3-2-4-6-18/h2-6,9,12,15-17,20-21,24,26H,7-8,10-11,13-14,27H2,1H3. The highest BCUT2D eigenvalue weighted by molar-refractivity contribution is 5.42. The third kappa shape index (κ3) is 4.62. The van der Waals surface area contributed by atoms with Crippen LogP contribution in [-0.4, -0.2) is 21.7 Å². The second-order valence-electron chi connectivity index (χ2n) is 9.05. The van der Waals surface area contributed by atoms with E-state index in [-0.39, 0.29) is 18.2 Å². The third-order valence-corrected chi connectivity index (χ3v) is 6.62. The highest BCUT2D eigenvalue weighted by Crippen LogP contribution is 2.38. The second-order valence-corrected chi connectivity index (χ2v) is 9.05. The number of rotatable bonds is 5. The quantitative estimate of drug-likeness (QED) is 0.659. The second kappa shape index (κ2) is 8.75. The molecule has 5 heteroatoms. The zero-order valence-corrected chi connectivity index (χ0v) is 18.1. The molecule has 0 spiro atoms. The van der Waals surface area contributed by atoms with Gasteiger partial charge in [-0.2, -0.15) is 0 Å². The Hall–Kier alpha value is -2.79. The Labute approximate surface area is 184 Å². The smallest absolute Gasteiger partial charge is 0.124 e. The molecule has 2 aromatic carbocycles. The molecule has 2 N–H and O–H groups in total. The van der Waals surface area contributed by atoms with Crippen LogP contribution in [0.4, 0.5) is 0 Å². The minimum atomic E-state index is 0.128. The lowest BCUT2D eigenvalue weighted by atomic mass is 9.81. The number of ether oxygens (including phenoxy) is 2. The molecule has 0 saturated heterocycles. The van der Waals surface area contributed by atoms with Crippen molar-refractivity contribution in [2.45, 2.75) is 56.8 Å². The SMILES string of the molecule is Cn1cnc(CC2CC(N)CCC2Oc2ccc3c(c2)CCC(c2ccccc2)O3)c1. The molecule has 2 heterocycles. The summed E-state index contributed by atoms with van der Waals surface area (Å²) in [4.78, 5) is 4.52. The van der Waals surface area contributed by atoms with Crippen LogP contribution in [0.15, 0.2) is 61.1 Å². The van der Waals surface area contributed by atoms with Gasteiger partial charge in [0.05, 0.1) is 12.0 Å². The van der Waals surface area contributed by atoms with E-state index in [1.807, 2.05) is 24.0 Å². The first-order valence-electron chi connectivity index (χ1n) is 11.4. The minimum absolute atomic E-state index is 0.128. The molecular weight excluding hydrogens is 386 g/mol. The number of hydrogen-bond donors (Lipinski definition) is 1. The maximum atomic E-state index is 6.53. The molecule has 1 aromatic heterocycles. The molecular formula is C26H31N3O2. The molecule has 2 aliphatic rings. The number of benzene rings is 2. The maximum Gasteiger partial charge on any atom is 0.124 e. The van der Waals surface area contributed by atoms with Crippen molar-refractivity contribution in [3.05, 3.63) is 77.9 Å². The van der Waals surface area contributed by atoms with Gasteiger partial charge in [-0.15, -0.1) is 0 Å². The van der Waals surface area contributed by atoms with Crippen LogP contribution in [0.2, 0.25) is 0 Å². The summed E-state index contributed by atoms with van der Waals surface area (Å²) in [5.74, 6) is 2.29. The molecule has 1 aliphatic carbocycles. The van der Waals surface area contributed by atoms with Crippen molar-refractivity contribution in [1.29, 1.82) is 0 Å². The van der Waals surface area contributed by atoms with Gasteiger partial charge in [0.25, 0.3) is 0 Å². The fourth-order valence-electron chi connectivity index (χ4n) is 5.00. The molecule has 4 unspecified atom stereocenters. The summed E-state index contributed by atoms with van der Waals surface area (Å²) in [7, 11) is 2.01. The summed E-state index contributed by atoms with van der Waals surface area (Å²) in [6.07, 6.45) is 10.1. The van der Waals surface area contributed by atoms with Crippen LogP contribution in [0.25, 0.3) is 0 Å². The lowest BCUT2D eigenvalue weighted by Crippen LogP contribution is -2.40. The van der Waals surface area contributed by atoms with Gasteiger partial charge in [-0.3, -0.25) is 0 Å². The molecule has 0 amide bonds. The van der Waals surface area contributed by atoms with Gasteiger partial charge in [-0.05, 0) is 67.9 Å². The van der Waals surface area contributed by atoms with Gasteiger partial charge in [0.1, 0.15) is 23.7 Å². The van der Waals surface area contributed by atoms with Crippen LogP contribution in [0.3, 0.4) is 0 Å². The summed E-state index contributed by atoms with van der Waals surface area (Å²) in [6, 6.07) is 17.0. The Morgan fingerprint density at radius 2 is 2.00 bits per heavy atom. The van der Waals surface area contributed by atoms with Crippen molar-refractivity contribution in [3.63, 3.8) is 0 Å². The molecule has 162 valence electrons. The Bertz CT molecular complexity index is 1020. The number of nitrogens with two attached hydrogens (primary N) is 1. The van der Waals surface area contributed by atoms with E-state index >= 15 is 0 Å². The number of hydrogen-bond acceptors (Lipinski definition) is 4. The summed E-state index contributed by atoms with van der Waals surface area (Å²) in [6.45, 7) is 0.